The zero-order valence-corrected chi connectivity index (χ0v) is 11.0. The molecule has 1 aromatic heterocycles. The molecule has 1 atom stereocenters. The Labute approximate surface area is 105 Å². The van der Waals surface area contributed by atoms with Crippen molar-refractivity contribution in [2.24, 2.45) is 5.84 Å². The monoisotopic (exact) mass is 287 g/mol. The van der Waals surface area contributed by atoms with Crippen molar-refractivity contribution in [2.75, 3.05) is 13.7 Å². The van der Waals surface area contributed by atoms with Crippen molar-refractivity contribution in [2.45, 2.75) is 25.3 Å². The van der Waals surface area contributed by atoms with Gasteiger partial charge in [-0.25, -0.2) is 0 Å². The van der Waals surface area contributed by atoms with Crippen LogP contribution in [0.4, 0.5) is 0 Å². The summed E-state index contributed by atoms with van der Waals surface area (Å²) in [6.45, 7) is 0.770. The quantitative estimate of drug-likeness (QED) is 0.455. The van der Waals surface area contributed by atoms with Gasteiger partial charge in [0.2, 0.25) is 0 Å². The van der Waals surface area contributed by atoms with Crippen LogP contribution >= 0.6 is 15.9 Å². The maximum absolute atomic E-state index is 5.50. The predicted octanol–water partition coefficient (Wildman–Crippen LogP) is 1.65. The van der Waals surface area contributed by atoms with E-state index in [0.717, 1.165) is 36.0 Å². The van der Waals surface area contributed by atoms with Crippen molar-refractivity contribution in [3.63, 3.8) is 0 Å². The number of nitrogens with zero attached hydrogens (tertiary/aromatic N) is 1. The number of hydrogen-bond donors (Lipinski definition) is 2. The lowest BCUT2D eigenvalue weighted by Crippen LogP contribution is -2.37. The fraction of sp³-hybridized carbons (Fsp3) is 0.545. The summed E-state index contributed by atoms with van der Waals surface area (Å²) in [5.41, 5.74) is 3.86. The second kappa shape index (κ2) is 7.73. The van der Waals surface area contributed by atoms with Gasteiger partial charge in [-0.1, -0.05) is 0 Å². The molecule has 0 aliphatic carbocycles. The van der Waals surface area contributed by atoms with Crippen LogP contribution in [0.15, 0.2) is 22.8 Å². The van der Waals surface area contributed by atoms with E-state index in [4.69, 9.17) is 10.6 Å². The van der Waals surface area contributed by atoms with Crippen molar-refractivity contribution >= 4 is 15.9 Å². The van der Waals surface area contributed by atoms with Crippen LogP contribution in [-0.2, 0) is 11.2 Å². The Hall–Kier alpha value is -0.490. The van der Waals surface area contributed by atoms with Crippen LogP contribution < -0.4 is 11.3 Å². The Morgan fingerprint density at radius 3 is 2.94 bits per heavy atom. The summed E-state index contributed by atoms with van der Waals surface area (Å²) in [4.78, 5) is 4.32. The Balaban J connectivity index is 2.40. The first-order valence-electron chi connectivity index (χ1n) is 5.31. The van der Waals surface area contributed by atoms with Crippen molar-refractivity contribution in [1.82, 2.24) is 10.4 Å². The van der Waals surface area contributed by atoms with Crippen molar-refractivity contribution < 1.29 is 4.74 Å². The highest BCUT2D eigenvalue weighted by atomic mass is 79.9. The Morgan fingerprint density at radius 1 is 1.56 bits per heavy atom. The van der Waals surface area contributed by atoms with E-state index < -0.39 is 0 Å². The van der Waals surface area contributed by atoms with Gasteiger partial charge in [0.15, 0.2) is 0 Å². The predicted molar refractivity (Wildman–Crippen MR) is 67.9 cm³/mol. The highest BCUT2D eigenvalue weighted by Crippen LogP contribution is 2.10. The number of halogens is 1. The molecule has 0 bridgehead atoms. The third-order valence-corrected chi connectivity index (χ3v) is 2.85. The number of hydrazine groups is 1. The molecule has 0 radical (unpaired) electrons. The fourth-order valence-electron chi connectivity index (χ4n) is 1.50. The fourth-order valence-corrected chi connectivity index (χ4v) is 1.73. The molecule has 1 heterocycles. The third kappa shape index (κ3) is 5.03. The minimum absolute atomic E-state index is 0.254. The molecule has 0 aliphatic heterocycles. The summed E-state index contributed by atoms with van der Waals surface area (Å²) in [7, 11) is 1.71. The molecule has 0 fully saturated rings. The topological polar surface area (TPSA) is 60.2 Å². The lowest BCUT2D eigenvalue weighted by atomic mass is 10.1. The van der Waals surface area contributed by atoms with Gasteiger partial charge in [0.05, 0.1) is 0 Å². The van der Waals surface area contributed by atoms with Gasteiger partial charge in [0.25, 0.3) is 0 Å². The maximum atomic E-state index is 5.50. The number of nitrogens with two attached hydrogens (primary N) is 1. The van der Waals surface area contributed by atoms with Gasteiger partial charge >= 0.3 is 0 Å². The molecule has 1 unspecified atom stereocenters. The molecule has 0 saturated heterocycles. The molecule has 4 nitrogen and oxygen atoms in total. The molecule has 5 heteroatoms. The van der Waals surface area contributed by atoms with Crippen LogP contribution in [0.1, 0.15) is 18.5 Å². The lowest BCUT2D eigenvalue weighted by Gasteiger charge is -2.14. The van der Waals surface area contributed by atoms with E-state index in [1.807, 2.05) is 12.1 Å². The van der Waals surface area contributed by atoms with E-state index in [1.165, 1.54) is 0 Å². The zero-order valence-electron chi connectivity index (χ0n) is 9.45. The van der Waals surface area contributed by atoms with Crippen LogP contribution in [0.5, 0.6) is 0 Å². The highest BCUT2D eigenvalue weighted by Gasteiger charge is 2.08. The number of ether oxygens (including phenoxy) is 1. The molecule has 1 aromatic rings. The normalized spacial score (nSPS) is 12.7. The van der Waals surface area contributed by atoms with Crippen LogP contribution in [0.2, 0.25) is 0 Å². The van der Waals surface area contributed by atoms with E-state index in [2.05, 4.69) is 26.3 Å². The Bertz CT molecular complexity index is 292. The van der Waals surface area contributed by atoms with Crippen LogP contribution in [0.3, 0.4) is 0 Å². The first-order valence-corrected chi connectivity index (χ1v) is 6.11. The molecule has 16 heavy (non-hydrogen) atoms. The number of aromatic nitrogens is 1. The smallest absolute Gasteiger partial charge is 0.0462 e. The largest absolute Gasteiger partial charge is 0.385 e. The molecule has 0 aromatic carbocycles. The zero-order chi connectivity index (χ0) is 11.8. The number of rotatable bonds is 7. The van der Waals surface area contributed by atoms with Crippen LogP contribution in [0, 0.1) is 0 Å². The molecule has 0 amide bonds. The highest BCUT2D eigenvalue weighted by molar-refractivity contribution is 9.10. The van der Waals surface area contributed by atoms with Gasteiger partial charge in [0, 0.05) is 42.5 Å². The minimum Gasteiger partial charge on any atom is -0.385 e. The molecular formula is C11H18BrN3O. The van der Waals surface area contributed by atoms with Gasteiger partial charge in [-0.3, -0.25) is 16.3 Å². The van der Waals surface area contributed by atoms with Crippen LogP contribution in [-0.4, -0.2) is 24.7 Å². The first kappa shape index (κ1) is 13.6. The molecule has 3 N–H and O–H groups in total. The van der Waals surface area contributed by atoms with Gasteiger partial charge < -0.3 is 4.74 Å². The molecule has 90 valence electrons. The van der Waals surface area contributed by atoms with Gasteiger partial charge in [0.1, 0.15) is 0 Å². The second-order valence-corrected chi connectivity index (χ2v) is 4.59. The standard InChI is InChI=1S/C11H18BrN3O/c1-16-6-2-3-11(15-13)7-10-5-4-9(12)8-14-10/h4-5,8,11,15H,2-3,6-7,13H2,1H3. The summed E-state index contributed by atoms with van der Waals surface area (Å²) in [5, 5.41) is 0. The summed E-state index contributed by atoms with van der Waals surface area (Å²) >= 11 is 3.36. The molecule has 0 aliphatic rings. The maximum Gasteiger partial charge on any atom is 0.0462 e. The number of hydrogen-bond acceptors (Lipinski definition) is 4. The minimum atomic E-state index is 0.254. The SMILES string of the molecule is COCCCC(Cc1ccc(Br)cn1)NN. The number of methoxy groups -OCH3 is 1. The van der Waals surface area contributed by atoms with E-state index in [1.54, 1.807) is 13.3 Å². The third-order valence-electron chi connectivity index (χ3n) is 2.38. The van der Waals surface area contributed by atoms with Crippen molar-refractivity contribution in [1.29, 1.82) is 0 Å². The van der Waals surface area contributed by atoms with E-state index in [-0.39, 0.29) is 6.04 Å². The van der Waals surface area contributed by atoms with Gasteiger partial charge in [-0.05, 0) is 40.9 Å². The number of nitrogens with one attached hydrogen (secondary N) is 1. The summed E-state index contributed by atoms with van der Waals surface area (Å²) < 4.78 is 6.01. The van der Waals surface area contributed by atoms with Gasteiger partial charge in [-0.15, -0.1) is 0 Å². The average Bonchev–Trinajstić information content (AvgIpc) is 2.31. The van der Waals surface area contributed by atoms with Gasteiger partial charge in [-0.2, -0.15) is 0 Å². The summed E-state index contributed by atoms with van der Waals surface area (Å²) in [5.74, 6) is 5.50. The molecule has 0 saturated carbocycles. The summed E-state index contributed by atoms with van der Waals surface area (Å²) in [6.07, 6.45) is 4.63. The lowest BCUT2D eigenvalue weighted by molar-refractivity contribution is 0.188. The van der Waals surface area contributed by atoms with Crippen molar-refractivity contribution in [3.05, 3.63) is 28.5 Å². The summed E-state index contributed by atoms with van der Waals surface area (Å²) in [6, 6.07) is 4.25. The molecule has 0 spiro atoms. The molecular weight excluding hydrogens is 270 g/mol. The average molecular weight is 288 g/mol. The Kier molecular flexibility index (Phi) is 6.56. The first-order chi connectivity index (χ1) is 7.76. The Morgan fingerprint density at radius 2 is 2.38 bits per heavy atom. The second-order valence-electron chi connectivity index (χ2n) is 3.67. The number of pyridine rings is 1. The van der Waals surface area contributed by atoms with E-state index >= 15 is 0 Å². The van der Waals surface area contributed by atoms with Crippen molar-refractivity contribution in [3.8, 4) is 0 Å². The van der Waals surface area contributed by atoms with E-state index in [9.17, 15) is 0 Å². The van der Waals surface area contributed by atoms with E-state index in [0.29, 0.717) is 0 Å². The molecule has 1 rings (SSSR count). The van der Waals surface area contributed by atoms with Crippen LogP contribution in [0.25, 0.3) is 0 Å².